The van der Waals surface area contributed by atoms with Crippen molar-refractivity contribution >= 4 is 17.9 Å². The molecule has 0 unspecified atom stereocenters. The van der Waals surface area contributed by atoms with Gasteiger partial charge < -0.3 is 29.5 Å². The van der Waals surface area contributed by atoms with Crippen LogP contribution in [0.2, 0.25) is 0 Å². The van der Waals surface area contributed by atoms with Crippen molar-refractivity contribution < 1.29 is 34.1 Å². The van der Waals surface area contributed by atoms with Gasteiger partial charge in [0.1, 0.15) is 0 Å². The molecule has 0 radical (unpaired) electrons. The molecule has 0 bridgehead atoms. The van der Waals surface area contributed by atoms with Gasteiger partial charge in [-0.3, -0.25) is 9.59 Å². The summed E-state index contributed by atoms with van der Waals surface area (Å²) in [5.41, 5.74) is 0. The van der Waals surface area contributed by atoms with Crippen molar-refractivity contribution in [1.29, 1.82) is 0 Å². The van der Waals surface area contributed by atoms with Crippen LogP contribution in [0.3, 0.4) is 0 Å². The van der Waals surface area contributed by atoms with E-state index in [0.29, 0.717) is 31.8 Å². The lowest BCUT2D eigenvalue weighted by Crippen LogP contribution is -2.33. The van der Waals surface area contributed by atoms with Crippen molar-refractivity contribution in [3.8, 4) is 0 Å². The molecule has 0 fully saturated rings. The Hall–Kier alpha value is -1.93. The minimum Gasteiger partial charge on any atom is -0.487 e. The van der Waals surface area contributed by atoms with Crippen molar-refractivity contribution in [3.63, 3.8) is 0 Å². The van der Waals surface area contributed by atoms with Crippen molar-refractivity contribution in [2.24, 2.45) is 0 Å². The Balaban J connectivity index is 4.17. The molecule has 0 aromatic carbocycles. The van der Waals surface area contributed by atoms with E-state index in [1.54, 1.807) is 0 Å². The molecule has 71 heavy (non-hydrogen) atoms. The average molecular weight is 1010 g/mol. The number of hydrogen-bond donors (Lipinski definition) is 2. The lowest BCUT2D eigenvalue weighted by Gasteiger charge is -2.26. The number of hydrogen-bond acceptors (Lipinski definition) is 8. The molecule has 0 amide bonds. The third kappa shape index (κ3) is 55.7. The van der Waals surface area contributed by atoms with Gasteiger partial charge in [-0.2, -0.15) is 0 Å². The molecule has 420 valence electrons. The number of aliphatic hydroxyl groups is 1. The van der Waals surface area contributed by atoms with Gasteiger partial charge in [-0.25, -0.2) is 4.79 Å². The summed E-state index contributed by atoms with van der Waals surface area (Å²) >= 11 is 0. The Morgan fingerprint density at radius 1 is 0.352 bits per heavy atom. The first-order valence-electron chi connectivity index (χ1n) is 31.3. The third-order valence-corrected chi connectivity index (χ3v) is 14.6. The maximum atomic E-state index is 12.4. The molecule has 9 nitrogen and oxygen atoms in total. The molecule has 0 rings (SSSR count). The Kier molecular flexibility index (Phi) is 57.4. The number of carboxylic acid groups (broad SMARTS) is 1. The van der Waals surface area contributed by atoms with Crippen LogP contribution in [0, 0.1) is 0 Å². The zero-order valence-corrected chi connectivity index (χ0v) is 47.4. The largest absolute Gasteiger partial charge is 0.487 e. The van der Waals surface area contributed by atoms with Crippen LogP contribution in [0.5, 0.6) is 0 Å². The maximum absolute atomic E-state index is 12.4. The molecule has 0 spiro atoms. The molecule has 2 N–H and O–H groups in total. The Morgan fingerprint density at radius 3 is 1.01 bits per heavy atom. The van der Waals surface area contributed by atoms with Gasteiger partial charge in [0.25, 0.3) is 0 Å². The van der Waals surface area contributed by atoms with Crippen molar-refractivity contribution in [2.45, 2.75) is 316 Å². The number of aliphatic carboxylic acids is 1. The van der Waals surface area contributed by atoms with Crippen LogP contribution in [0.15, 0.2) is 5.76 Å². The summed E-state index contributed by atoms with van der Waals surface area (Å²) in [7, 11) is 0. The van der Waals surface area contributed by atoms with E-state index in [0.717, 1.165) is 148 Å². The maximum Gasteiger partial charge on any atom is 0.305 e. The second-order valence-corrected chi connectivity index (χ2v) is 21.5. The number of carbonyl (C=O) groups excluding carboxylic acids is 2. The Labute approximate surface area is 440 Å². The van der Waals surface area contributed by atoms with E-state index in [4.69, 9.17) is 14.6 Å². The highest BCUT2D eigenvalue weighted by atomic mass is 16.5. The fraction of sp³-hybridized carbons (Fsp3) is 0.935. The highest BCUT2D eigenvalue weighted by molar-refractivity contribution is 5.69. The molecule has 0 aliphatic rings. The van der Waals surface area contributed by atoms with Gasteiger partial charge in [0, 0.05) is 32.4 Å². The van der Waals surface area contributed by atoms with Gasteiger partial charge in [-0.15, -0.1) is 0 Å². The fourth-order valence-corrected chi connectivity index (χ4v) is 9.93. The zero-order chi connectivity index (χ0) is 51.6. The SMILES string of the molecule is CCCCCCCCCCCCCCCCCCCCCCOC(=O)CCCCCCN(CCCCCCC(=O)O)CCCN(CCCO)CCCCCCC(=C=O)OCCCCCCCCCCCC. The first kappa shape index (κ1) is 69.1. The van der Waals surface area contributed by atoms with Crippen LogP contribution >= 0.6 is 0 Å². The smallest absolute Gasteiger partial charge is 0.305 e. The number of rotatable bonds is 61. The number of nitrogens with zero attached hydrogens (tertiary/aromatic N) is 2. The normalized spacial score (nSPS) is 11.5. The Morgan fingerprint density at radius 2 is 0.648 bits per heavy atom. The average Bonchev–Trinajstić information content (AvgIpc) is 3.37. The monoisotopic (exact) mass is 1000 g/mol. The standard InChI is InChI=1S/C62H120N2O7/c1-3-5-7-9-11-13-15-16-17-18-19-20-21-22-23-24-26-28-36-44-58-71-62(69)49-39-31-34-42-51-63(50-41-33-30-38-48-61(67)68)53-45-54-64(55-46-56-65)52-40-32-29-37-47-60(59-66)70-57-43-35-27-25-14-12-10-8-6-4-2/h65H,3-58H2,1-2H3,(H,67,68). The number of carboxylic acids is 1. The highest BCUT2D eigenvalue weighted by Gasteiger charge is 2.10. The van der Waals surface area contributed by atoms with Crippen molar-refractivity contribution in [2.75, 3.05) is 59.1 Å². The lowest BCUT2D eigenvalue weighted by molar-refractivity contribution is -0.144. The van der Waals surface area contributed by atoms with Crippen LogP contribution in [-0.2, 0) is 23.9 Å². The van der Waals surface area contributed by atoms with Crippen molar-refractivity contribution in [3.05, 3.63) is 5.76 Å². The number of esters is 1. The van der Waals surface area contributed by atoms with Crippen LogP contribution in [0.1, 0.15) is 316 Å². The van der Waals surface area contributed by atoms with E-state index < -0.39 is 5.97 Å². The van der Waals surface area contributed by atoms with Crippen LogP contribution in [0.4, 0.5) is 0 Å². The number of unbranched alkanes of at least 4 members (excludes halogenated alkanes) is 37. The highest BCUT2D eigenvalue weighted by Crippen LogP contribution is 2.17. The molecule has 0 atom stereocenters. The summed E-state index contributed by atoms with van der Waals surface area (Å²) in [4.78, 5) is 39.9. The molecule has 0 aliphatic heterocycles. The van der Waals surface area contributed by atoms with E-state index >= 15 is 0 Å². The molecule has 0 saturated heterocycles. The number of allylic oxidation sites excluding steroid dienone is 1. The lowest BCUT2D eigenvalue weighted by atomic mass is 10.0. The summed E-state index contributed by atoms with van der Waals surface area (Å²) in [6, 6.07) is 0. The van der Waals surface area contributed by atoms with E-state index in [2.05, 4.69) is 23.6 Å². The summed E-state index contributed by atoms with van der Waals surface area (Å²) in [5.74, 6) is 1.79. The number of aliphatic hydroxyl groups excluding tert-OH is 1. The Bertz CT molecular complexity index is 1150. The predicted molar refractivity (Wildman–Crippen MR) is 302 cm³/mol. The summed E-state index contributed by atoms with van der Waals surface area (Å²) in [6.07, 6.45) is 55.8. The number of carbonyl (C=O) groups is 2. The second-order valence-electron chi connectivity index (χ2n) is 21.5. The second kappa shape index (κ2) is 59.0. The van der Waals surface area contributed by atoms with Crippen LogP contribution < -0.4 is 0 Å². The van der Waals surface area contributed by atoms with E-state index in [-0.39, 0.29) is 19.0 Å². The molecule has 0 heterocycles. The van der Waals surface area contributed by atoms with Gasteiger partial charge in [0.2, 0.25) is 0 Å². The molecular weight excluding hydrogens is 885 g/mol. The van der Waals surface area contributed by atoms with Crippen LogP contribution in [-0.4, -0.2) is 97.0 Å². The molecular formula is C62H120N2O7. The van der Waals surface area contributed by atoms with Crippen LogP contribution in [0.25, 0.3) is 0 Å². The van der Waals surface area contributed by atoms with Gasteiger partial charge in [0.05, 0.1) is 13.2 Å². The van der Waals surface area contributed by atoms with Gasteiger partial charge >= 0.3 is 11.9 Å². The zero-order valence-electron chi connectivity index (χ0n) is 47.4. The quantitative estimate of drug-likeness (QED) is 0.0266. The van der Waals surface area contributed by atoms with Crippen molar-refractivity contribution in [1.82, 2.24) is 9.80 Å². The van der Waals surface area contributed by atoms with Gasteiger partial charge in [-0.1, -0.05) is 232 Å². The van der Waals surface area contributed by atoms with E-state index in [1.807, 2.05) is 5.94 Å². The van der Waals surface area contributed by atoms with Gasteiger partial charge in [0.15, 0.2) is 11.7 Å². The molecule has 9 heteroatoms. The number of ether oxygens (including phenoxy) is 2. The first-order chi connectivity index (χ1) is 35.0. The minimum absolute atomic E-state index is 0.0399. The minimum atomic E-state index is -0.708. The topological polar surface area (TPSA) is 117 Å². The van der Waals surface area contributed by atoms with Gasteiger partial charge in [-0.05, 0) is 96.9 Å². The third-order valence-electron chi connectivity index (χ3n) is 14.6. The molecule has 0 aromatic heterocycles. The summed E-state index contributed by atoms with van der Waals surface area (Å²) < 4.78 is 11.4. The molecule has 0 aliphatic carbocycles. The summed E-state index contributed by atoms with van der Waals surface area (Å²) in [6.45, 7) is 12.0. The fourth-order valence-electron chi connectivity index (χ4n) is 9.93. The van der Waals surface area contributed by atoms with E-state index in [1.165, 1.54) is 173 Å². The molecule has 0 aromatic rings. The van der Waals surface area contributed by atoms with E-state index in [9.17, 15) is 19.5 Å². The molecule has 0 saturated carbocycles. The summed E-state index contributed by atoms with van der Waals surface area (Å²) in [5, 5.41) is 18.6. The first-order valence-corrected chi connectivity index (χ1v) is 31.3. The predicted octanol–water partition coefficient (Wildman–Crippen LogP) is 17.3.